The van der Waals surface area contributed by atoms with Gasteiger partial charge in [0.2, 0.25) is 0 Å². The van der Waals surface area contributed by atoms with E-state index in [9.17, 15) is 0 Å². The summed E-state index contributed by atoms with van der Waals surface area (Å²) in [5.74, 6) is 0.708. The first-order valence-electron chi connectivity index (χ1n) is 6.92. The summed E-state index contributed by atoms with van der Waals surface area (Å²) in [7, 11) is 3.61. The molecule has 2 rings (SSSR count). The lowest BCUT2D eigenvalue weighted by molar-refractivity contribution is 0.746. The highest BCUT2D eigenvalue weighted by molar-refractivity contribution is 14.0. The Morgan fingerprint density at radius 2 is 2.04 bits per heavy atom. The topological polar surface area (TPSA) is 54.2 Å². The van der Waals surface area contributed by atoms with Crippen LogP contribution in [0.15, 0.2) is 16.4 Å². The van der Waals surface area contributed by atoms with Crippen LogP contribution in [-0.4, -0.2) is 22.6 Å². The van der Waals surface area contributed by atoms with Gasteiger partial charge in [-0.1, -0.05) is 30.1 Å². The number of thiazole rings is 1. The molecular weight excluding hydrogens is 468 g/mol. The molecule has 128 valence electrons. The van der Waals surface area contributed by atoms with E-state index < -0.39 is 0 Å². The number of rotatable bonds is 5. The molecule has 0 amide bonds. The minimum atomic E-state index is 0. The van der Waals surface area contributed by atoms with Gasteiger partial charge in [0.25, 0.3) is 0 Å². The second kappa shape index (κ2) is 9.71. The van der Waals surface area contributed by atoms with Crippen molar-refractivity contribution in [3.8, 4) is 0 Å². The standard InChI is InChI=1S/C14H19Cl2N5S.HI/c1-4-12-20-9(8-22-12)6-18-14(17-2)19-7-10-5-11(15)13(16)21(10)3;/h5,8H,4,6-7H2,1-3H3,(H2,17,18,19);1H. The minimum absolute atomic E-state index is 0. The zero-order valence-corrected chi connectivity index (χ0v) is 17.8. The third-order valence-electron chi connectivity index (χ3n) is 3.21. The van der Waals surface area contributed by atoms with Gasteiger partial charge in [-0.2, -0.15) is 0 Å². The summed E-state index contributed by atoms with van der Waals surface area (Å²) >= 11 is 13.7. The summed E-state index contributed by atoms with van der Waals surface area (Å²) in [5, 5.41) is 10.8. The predicted octanol–water partition coefficient (Wildman–Crippen LogP) is 3.83. The van der Waals surface area contributed by atoms with Gasteiger partial charge in [0, 0.05) is 25.2 Å². The van der Waals surface area contributed by atoms with Gasteiger partial charge in [-0.15, -0.1) is 35.3 Å². The Kier molecular flexibility index (Phi) is 8.66. The molecule has 0 unspecified atom stereocenters. The van der Waals surface area contributed by atoms with Gasteiger partial charge < -0.3 is 15.2 Å². The maximum atomic E-state index is 6.06. The highest BCUT2D eigenvalue weighted by Crippen LogP contribution is 2.24. The second-order valence-corrected chi connectivity index (χ2v) is 6.41. The van der Waals surface area contributed by atoms with Crippen LogP contribution in [-0.2, 0) is 26.6 Å². The SMILES string of the molecule is CCc1nc(CNC(=NC)NCc2cc(Cl)c(Cl)n2C)cs1.I. The molecule has 0 aliphatic carbocycles. The van der Waals surface area contributed by atoms with E-state index in [1.165, 1.54) is 0 Å². The lowest BCUT2D eigenvalue weighted by atomic mass is 10.4. The van der Waals surface area contributed by atoms with Crippen molar-refractivity contribution in [2.75, 3.05) is 7.05 Å². The van der Waals surface area contributed by atoms with Crippen LogP contribution < -0.4 is 10.6 Å². The average molecular weight is 488 g/mol. The Morgan fingerprint density at radius 3 is 2.57 bits per heavy atom. The van der Waals surface area contributed by atoms with Gasteiger partial charge in [-0.3, -0.25) is 4.99 Å². The Morgan fingerprint density at radius 1 is 1.35 bits per heavy atom. The monoisotopic (exact) mass is 487 g/mol. The van der Waals surface area contributed by atoms with Crippen LogP contribution in [0.1, 0.15) is 23.3 Å². The van der Waals surface area contributed by atoms with Gasteiger partial charge in [0.05, 0.1) is 28.8 Å². The molecule has 0 saturated heterocycles. The number of aliphatic imine (C=N–C) groups is 1. The van der Waals surface area contributed by atoms with Gasteiger partial charge in [-0.25, -0.2) is 4.98 Å². The van der Waals surface area contributed by atoms with Crippen LogP contribution in [0, 0.1) is 0 Å². The first-order chi connectivity index (χ1) is 10.5. The molecule has 2 N–H and O–H groups in total. The fourth-order valence-corrected chi connectivity index (χ4v) is 3.08. The summed E-state index contributed by atoms with van der Waals surface area (Å²) in [5.41, 5.74) is 2.01. The fraction of sp³-hybridized carbons (Fsp3) is 0.429. The largest absolute Gasteiger partial charge is 0.351 e. The molecule has 0 fully saturated rings. The highest BCUT2D eigenvalue weighted by atomic mass is 127. The van der Waals surface area contributed by atoms with E-state index in [2.05, 4.69) is 32.9 Å². The maximum absolute atomic E-state index is 6.06. The van der Waals surface area contributed by atoms with Crippen LogP contribution in [0.2, 0.25) is 10.2 Å². The zero-order chi connectivity index (χ0) is 16.1. The normalized spacial score (nSPS) is 11.3. The quantitative estimate of drug-likeness (QED) is 0.382. The number of hydrogen-bond donors (Lipinski definition) is 2. The number of hydrogen-bond acceptors (Lipinski definition) is 3. The molecule has 0 spiro atoms. The molecule has 23 heavy (non-hydrogen) atoms. The van der Waals surface area contributed by atoms with E-state index in [1.54, 1.807) is 18.4 Å². The van der Waals surface area contributed by atoms with Gasteiger partial charge in [0.15, 0.2) is 5.96 Å². The van der Waals surface area contributed by atoms with E-state index in [4.69, 9.17) is 23.2 Å². The number of nitrogens with zero attached hydrogens (tertiary/aromatic N) is 3. The zero-order valence-electron chi connectivity index (χ0n) is 13.2. The molecule has 5 nitrogen and oxygen atoms in total. The van der Waals surface area contributed by atoms with Crippen LogP contribution in [0.5, 0.6) is 0 Å². The third kappa shape index (κ3) is 5.51. The van der Waals surface area contributed by atoms with Crippen LogP contribution >= 0.6 is 58.5 Å². The van der Waals surface area contributed by atoms with Crippen LogP contribution in [0.4, 0.5) is 0 Å². The smallest absolute Gasteiger partial charge is 0.191 e. The molecule has 0 saturated carbocycles. The number of halogens is 3. The molecule has 2 heterocycles. The van der Waals surface area contributed by atoms with Gasteiger partial charge in [0.1, 0.15) is 5.15 Å². The summed E-state index contributed by atoms with van der Waals surface area (Å²) in [6, 6.07) is 1.85. The van der Waals surface area contributed by atoms with Gasteiger partial charge >= 0.3 is 0 Å². The number of aryl methyl sites for hydroxylation is 1. The Hall–Kier alpha value is -0.510. The molecule has 0 bridgehead atoms. The van der Waals surface area contributed by atoms with Crippen molar-refractivity contribution in [1.29, 1.82) is 0 Å². The van der Waals surface area contributed by atoms with E-state index in [0.29, 0.717) is 29.2 Å². The molecule has 0 aromatic carbocycles. The summed E-state index contributed by atoms with van der Waals surface area (Å²) in [6.07, 6.45) is 0.965. The first-order valence-corrected chi connectivity index (χ1v) is 8.56. The fourth-order valence-electron chi connectivity index (χ4n) is 1.92. The van der Waals surface area contributed by atoms with Crippen molar-refractivity contribution in [2.24, 2.45) is 12.0 Å². The molecular formula is C14H20Cl2IN5S. The number of aromatic nitrogens is 2. The van der Waals surface area contributed by atoms with Crippen molar-refractivity contribution < 1.29 is 0 Å². The van der Waals surface area contributed by atoms with Crippen LogP contribution in [0.3, 0.4) is 0 Å². The summed E-state index contributed by atoms with van der Waals surface area (Å²) < 4.78 is 1.85. The first kappa shape index (κ1) is 20.5. The molecule has 0 aliphatic heterocycles. The Labute approximate surface area is 167 Å². The van der Waals surface area contributed by atoms with E-state index >= 15 is 0 Å². The maximum Gasteiger partial charge on any atom is 0.191 e. The lowest BCUT2D eigenvalue weighted by Gasteiger charge is -2.11. The van der Waals surface area contributed by atoms with E-state index in [-0.39, 0.29) is 24.0 Å². The summed E-state index contributed by atoms with van der Waals surface area (Å²) in [4.78, 5) is 8.72. The average Bonchev–Trinajstić information content (AvgIpc) is 3.08. The second-order valence-electron chi connectivity index (χ2n) is 4.70. The molecule has 2 aromatic heterocycles. The van der Waals surface area contributed by atoms with Crippen molar-refractivity contribution in [3.63, 3.8) is 0 Å². The van der Waals surface area contributed by atoms with Crippen molar-refractivity contribution >= 4 is 64.5 Å². The third-order valence-corrected chi connectivity index (χ3v) is 5.10. The molecule has 9 heteroatoms. The molecule has 0 radical (unpaired) electrons. The highest BCUT2D eigenvalue weighted by Gasteiger charge is 2.09. The minimum Gasteiger partial charge on any atom is -0.351 e. The van der Waals surface area contributed by atoms with E-state index in [0.717, 1.165) is 22.8 Å². The van der Waals surface area contributed by atoms with Gasteiger partial charge in [-0.05, 0) is 12.5 Å². The van der Waals surface area contributed by atoms with Crippen molar-refractivity contribution in [3.05, 3.63) is 38.0 Å². The predicted molar refractivity (Wildman–Crippen MR) is 109 cm³/mol. The number of nitrogens with one attached hydrogen (secondary N) is 2. The van der Waals surface area contributed by atoms with Crippen molar-refractivity contribution in [2.45, 2.75) is 26.4 Å². The molecule has 0 atom stereocenters. The van der Waals surface area contributed by atoms with Crippen LogP contribution in [0.25, 0.3) is 0 Å². The Bertz CT molecular complexity index is 668. The summed E-state index contributed by atoms with van der Waals surface area (Å²) in [6.45, 7) is 3.33. The number of guanidine groups is 1. The molecule has 0 aliphatic rings. The lowest BCUT2D eigenvalue weighted by Crippen LogP contribution is -2.36. The Balaban J connectivity index is 0.00000264. The van der Waals surface area contributed by atoms with Crippen molar-refractivity contribution in [1.82, 2.24) is 20.2 Å². The van der Waals surface area contributed by atoms with E-state index in [1.807, 2.05) is 17.7 Å². The molecule has 2 aromatic rings.